The average Bonchev–Trinajstić information content (AvgIpc) is 2.25. The molecule has 0 spiro atoms. The van der Waals surface area contributed by atoms with Crippen molar-refractivity contribution in [1.82, 2.24) is 0 Å². The molecule has 0 N–H and O–H groups in total. The van der Waals surface area contributed by atoms with Crippen molar-refractivity contribution in [1.29, 1.82) is 0 Å². The number of benzene rings is 2. The van der Waals surface area contributed by atoms with Gasteiger partial charge < -0.3 is 0 Å². The summed E-state index contributed by atoms with van der Waals surface area (Å²) in [5, 5.41) is 2.75. The molecule has 0 saturated carbocycles. The Morgan fingerprint density at radius 3 is 1.79 bits per heavy atom. The highest BCUT2D eigenvalue weighted by molar-refractivity contribution is 5.86. The minimum atomic E-state index is 0.252. The molecule has 2 aromatic rings. The first kappa shape index (κ1) is 14.1. The molecule has 0 nitrogen and oxygen atoms in total. The third-order valence-corrected chi connectivity index (χ3v) is 3.87. The SMILES string of the molecule is CC(C)(C)C(c1cccc2ccccc12)C(C)(C)C. The van der Waals surface area contributed by atoms with Crippen molar-refractivity contribution in [2.45, 2.75) is 47.5 Å². The maximum Gasteiger partial charge on any atom is -0.00584 e. The molecular weight excluding hydrogens is 228 g/mol. The summed E-state index contributed by atoms with van der Waals surface area (Å²) in [5.74, 6) is 0.533. The van der Waals surface area contributed by atoms with Crippen LogP contribution in [0.3, 0.4) is 0 Å². The number of hydrogen-bond donors (Lipinski definition) is 0. The Hall–Kier alpha value is -1.30. The molecule has 0 fully saturated rings. The van der Waals surface area contributed by atoms with E-state index in [0.717, 1.165) is 0 Å². The zero-order chi connectivity index (χ0) is 14.3. The van der Waals surface area contributed by atoms with Gasteiger partial charge in [-0.25, -0.2) is 0 Å². The van der Waals surface area contributed by atoms with Crippen molar-refractivity contribution >= 4 is 10.8 Å². The Kier molecular flexibility index (Phi) is 3.47. The van der Waals surface area contributed by atoms with Crippen LogP contribution in [0.4, 0.5) is 0 Å². The lowest BCUT2D eigenvalue weighted by atomic mass is 9.63. The Morgan fingerprint density at radius 1 is 0.684 bits per heavy atom. The minimum Gasteiger partial charge on any atom is -0.0616 e. The van der Waals surface area contributed by atoms with Crippen LogP contribution < -0.4 is 0 Å². The summed E-state index contributed by atoms with van der Waals surface area (Å²) in [4.78, 5) is 0. The summed E-state index contributed by atoms with van der Waals surface area (Å²) in [6, 6.07) is 15.5. The molecule has 0 radical (unpaired) electrons. The van der Waals surface area contributed by atoms with E-state index in [1.54, 1.807) is 0 Å². The van der Waals surface area contributed by atoms with Crippen LogP contribution in [0.2, 0.25) is 0 Å². The molecule has 0 atom stereocenters. The lowest BCUT2D eigenvalue weighted by Gasteiger charge is -2.41. The summed E-state index contributed by atoms with van der Waals surface area (Å²) in [6.45, 7) is 14.1. The van der Waals surface area contributed by atoms with Crippen LogP contribution in [-0.2, 0) is 0 Å². The molecule has 0 aliphatic carbocycles. The second-order valence-corrected chi connectivity index (χ2v) is 7.73. The smallest absolute Gasteiger partial charge is 0.00584 e. The highest BCUT2D eigenvalue weighted by Crippen LogP contribution is 2.48. The molecule has 0 unspecified atom stereocenters. The number of hydrogen-bond acceptors (Lipinski definition) is 0. The van der Waals surface area contributed by atoms with Crippen molar-refractivity contribution in [2.75, 3.05) is 0 Å². The molecule has 0 amide bonds. The van der Waals surface area contributed by atoms with Gasteiger partial charge in [0.05, 0.1) is 0 Å². The molecule has 102 valence electrons. The van der Waals surface area contributed by atoms with Crippen LogP contribution in [-0.4, -0.2) is 0 Å². The lowest BCUT2D eigenvalue weighted by molar-refractivity contribution is 0.177. The maximum absolute atomic E-state index is 2.35. The van der Waals surface area contributed by atoms with Gasteiger partial charge in [0.15, 0.2) is 0 Å². The molecule has 19 heavy (non-hydrogen) atoms. The second kappa shape index (κ2) is 4.67. The van der Waals surface area contributed by atoms with Crippen LogP contribution in [0.1, 0.15) is 53.0 Å². The van der Waals surface area contributed by atoms with Gasteiger partial charge >= 0.3 is 0 Å². The molecule has 0 heteroatoms. The van der Waals surface area contributed by atoms with E-state index in [1.165, 1.54) is 16.3 Å². The summed E-state index contributed by atoms with van der Waals surface area (Å²) in [7, 11) is 0. The van der Waals surface area contributed by atoms with Crippen LogP contribution in [0.5, 0.6) is 0 Å². The van der Waals surface area contributed by atoms with E-state index < -0.39 is 0 Å². The van der Waals surface area contributed by atoms with E-state index >= 15 is 0 Å². The van der Waals surface area contributed by atoms with Crippen molar-refractivity contribution in [2.24, 2.45) is 10.8 Å². The average molecular weight is 254 g/mol. The van der Waals surface area contributed by atoms with Crippen molar-refractivity contribution < 1.29 is 0 Å². The first-order valence-electron chi connectivity index (χ1n) is 7.19. The van der Waals surface area contributed by atoms with Gasteiger partial charge in [0.25, 0.3) is 0 Å². The predicted molar refractivity (Wildman–Crippen MR) is 85.6 cm³/mol. The molecular formula is C19H26. The fourth-order valence-electron chi connectivity index (χ4n) is 3.73. The van der Waals surface area contributed by atoms with Crippen LogP contribution in [0.15, 0.2) is 42.5 Å². The minimum absolute atomic E-state index is 0.252. The molecule has 0 heterocycles. The second-order valence-electron chi connectivity index (χ2n) is 7.73. The fourth-order valence-corrected chi connectivity index (χ4v) is 3.73. The predicted octanol–water partition coefficient (Wildman–Crippen LogP) is 6.02. The van der Waals surface area contributed by atoms with Crippen LogP contribution in [0.25, 0.3) is 10.8 Å². The van der Waals surface area contributed by atoms with Crippen molar-refractivity contribution in [3.8, 4) is 0 Å². The highest BCUT2D eigenvalue weighted by atomic mass is 14.4. The zero-order valence-electron chi connectivity index (χ0n) is 13.1. The van der Waals surface area contributed by atoms with Crippen LogP contribution in [0, 0.1) is 10.8 Å². The molecule has 0 aliphatic rings. The normalized spacial score (nSPS) is 13.2. The van der Waals surface area contributed by atoms with E-state index in [-0.39, 0.29) is 10.8 Å². The standard InChI is InChI=1S/C19H26/c1-18(2,3)17(19(4,5)6)16-13-9-11-14-10-7-8-12-15(14)16/h7-13,17H,1-6H3. The summed E-state index contributed by atoms with van der Waals surface area (Å²) in [5.41, 5.74) is 1.99. The van der Waals surface area contributed by atoms with Gasteiger partial charge in [0.1, 0.15) is 0 Å². The first-order valence-corrected chi connectivity index (χ1v) is 7.19. The largest absolute Gasteiger partial charge is 0.0616 e. The van der Waals surface area contributed by atoms with Gasteiger partial charge in [-0.2, -0.15) is 0 Å². The molecule has 2 rings (SSSR count). The Morgan fingerprint density at radius 2 is 1.21 bits per heavy atom. The van der Waals surface area contributed by atoms with Crippen LogP contribution >= 0.6 is 0 Å². The van der Waals surface area contributed by atoms with Gasteiger partial charge in [-0.15, -0.1) is 0 Å². The third kappa shape index (κ3) is 2.83. The molecule has 0 aromatic heterocycles. The van der Waals surface area contributed by atoms with E-state index in [4.69, 9.17) is 0 Å². The van der Waals surface area contributed by atoms with E-state index in [1.807, 2.05) is 0 Å². The molecule has 2 aromatic carbocycles. The van der Waals surface area contributed by atoms with Gasteiger partial charge in [-0.1, -0.05) is 84.0 Å². The highest BCUT2D eigenvalue weighted by Gasteiger charge is 2.36. The van der Waals surface area contributed by atoms with Gasteiger partial charge in [-0.3, -0.25) is 0 Å². The lowest BCUT2D eigenvalue weighted by Crippen LogP contribution is -2.30. The number of rotatable bonds is 1. The summed E-state index contributed by atoms with van der Waals surface area (Å²) >= 11 is 0. The topological polar surface area (TPSA) is 0 Å². The Bertz CT molecular complexity index is 545. The van der Waals surface area contributed by atoms with E-state index in [9.17, 15) is 0 Å². The summed E-state index contributed by atoms with van der Waals surface area (Å²) in [6.07, 6.45) is 0. The molecule has 0 saturated heterocycles. The van der Waals surface area contributed by atoms with Gasteiger partial charge in [0, 0.05) is 0 Å². The fraction of sp³-hybridized carbons (Fsp3) is 0.474. The summed E-state index contributed by atoms with van der Waals surface area (Å²) < 4.78 is 0. The quantitative estimate of drug-likeness (QED) is 0.584. The molecule has 0 bridgehead atoms. The van der Waals surface area contributed by atoms with E-state index in [2.05, 4.69) is 84.0 Å². The molecule has 0 aliphatic heterocycles. The Balaban J connectivity index is 2.70. The van der Waals surface area contributed by atoms with Gasteiger partial charge in [0.2, 0.25) is 0 Å². The maximum atomic E-state index is 2.35. The first-order chi connectivity index (χ1) is 8.71. The number of fused-ring (bicyclic) bond motifs is 1. The van der Waals surface area contributed by atoms with Crippen molar-refractivity contribution in [3.05, 3.63) is 48.0 Å². The Labute approximate surface area is 117 Å². The van der Waals surface area contributed by atoms with E-state index in [0.29, 0.717) is 5.92 Å². The monoisotopic (exact) mass is 254 g/mol. The van der Waals surface area contributed by atoms with Gasteiger partial charge in [-0.05, 0) is 33.1 Å². The third-order valence-electron chi connectivity index (χ3n) is 3.87. The van der Waals surface area contributed by atoms with Crippen molar-refractivity contribution in [3.63, 3.8) is 0 Å². The zero-order valence-corrected chi connectivity index (χ0v) is 13.1.